The third-order valence-corrected chi connectivity index (χ3v) is 5.00. The minimum Gasteiger partial charge on any atom is -0.457 e. The molecule has 4 rings (SSSR count). The fourth-order valence-electron chi connectivity index (χ4n) is 3.32. The monoisotopic (exact) mass is 308 g/mol. The Hall–Kier alpha value is -1.14. The van der Waals surface area contributed by atoms with E-state index in [9.17, 15) is 4.79 Å². The van der Waals surface area contributed by atoms with Crippen LogP contribution >= 0.6 is 11.6 Å². The first-order valence-corrected chi connectivity index (χ1v) is 7.66. The SMILES string of the molecule is O=C1OCc2c1ccc([C@H]1CN3CCNCC3CO1)c2Cl. The largest absolute Gasteiger partial charge is 0.457 e. The number of fused-ring (bicyclic) bond motifs is 2. The quantitative estimate of drug-likeness (QED) is 0.794. The number of piperazine rings is 1. The Morgan fingerprint density at radius 2 is 2.29 bits per heavy atom. The number of carbonyl (C=O) groups excluding carboxylic acids is 1. The van der Waals surface area contributed by atoms with Gasteiger partial charge in [-0.3, -0.25) is 4.90 Å². The van der Waals surface area contributed by atoms with Crippen LogP contribution in [-0.4, -0.2) is 49.7 Å². The molecule has 0 radical (unpaired) electrons. The van der Waals surface area contributed by atoms with Crippen LogP contribution in [0.1, 0.15) is 27.6 Å². The Labute approximate surface area is 128 Å². The number of cyclic esters (lactones) is 1. The van der Waals surface area contributed by atoms with Crippen LogP contribution in [0.15, 0.2) is 12.1 Å². The van der Waals surface area contributed by atoms with Gasteiger partial charge in [0.15, 0.2) is 0 Å². The first-order valence-electron chi connectivity index (χ1n) is 7.29. The Morgan fingerprint density at radius 3 is 3.19 bits per heavy atom. The number of carbonyl (C=O) groups is 1. The average molecular weight is 309 g/mol. The molecule has 2 saturated heterocycles. The van der Waals surface area contributed by atoms with Gasteiger partial charge < -0.3 is 14.8 Å². The molecule has 21 heavy (non-hydrogen) atoms. The van der Waals surface area contributed by atoms with Crippen molar-refractivity contribution in [3.63, 3.8) is 0 Å². The van der Waals surface area contributed by atoms with Crippen molar-refractivity contribution >= 4 is 17.6 Å². The molecular weight excluding hydrogens is 292 g/mol. The van der Waals surface area contributed by atoms with E-state index in [2.05, 4.69) is 10.2 Å². The lowest BCUT2D eigenvalue weighted by molar-refractivity contribution is -0.0717. The highest BCUT2D eigenvalue weighted by molar-refractivity contribution is 6.32. The van der Waals surface area contributed by atoms with Crippen molar-refractivity contribution in [2.45, 2.75) is 18.8 Å². The molecule has 1 unspecified atom stereocenters. The van der Waals surface area contributed by atoms with E-state index in [1.54, 1.807) is 6.07 Å². The highest BCUT2D eigenvalue weighted by Crippen LogP contribution is 2.36. The van der Waals surface area contributed by atoms with Crippen LogP contribution in [0.4, 0.5) is 0 Å². The smallest absolute Gasteiger partial charge is 0.338 e. The van der Waals surface area contributed by atoms with Crippen molar-refractivity contribution in [3.05, 3.63) is 33.8 Å². The molecule has 0 saturated carbocycles. The Balaban J connectivity index is 1.61. The second-order valence-corrected chi connectivity index (χ2v) is 6.12. The van der Waals surface area contributed by atoms with Crippen LogP contribution in [0, 0.1) is 0 Å². The third kappa shape index (κ3) is 2.25. The molecule has 3 aliphatic rings. The van der Waals surface area contributed by atoms with E-state index in [0.717, 1.165) is 37.3 Å². The van der Waals surface area contributed by atoms with Crippen molar-refractivity contribution in [1.82, 2.24) is 10.2 Å². The number of rotatable bonds is 1. The summed E-state index contributed by atoms with van der Waals surface area (Å²) >= 11 is 6.48. The number of nitrogens with zero attached hydrogens (tertiary/aromatic N) is 1. The molecule has 1 N–H and O–H groups in total. The first kappa shape index (κ1) is 13.5. The summed E-state index contributed by atoms with van der Waals surface area (Å²) in [5.74, 6) is -0.287. The van der Waals surface area contributed by atoms with E-state index in [4.69, 9.17) is 21.1 Å². The summed E-state index contributed by atoms with van der Waals surface area (Å²) in [7, 11) is 0. The molecule has 0 aromatic heterocycles. The number of ether oxygens (including phenoxy) is 2. The molecule has 2 fully saturated rings. The van der Waals surface area contributed by atoms with E-state index >= 15 is 0 Å². The zero-order chi connectivity index (χ0) is 14.4. The van der Waals surface area contributed by atoms with Crippen LogP contribution in [0.5, 0.6) is 0 Å². The standard InChI is InChI=1S/C15H17ClN2O3/c16-14-11(2-1-10-12(14)8-21-15(10)19)13-6-18-4-3-17-5-9(18)7-20-13/h1-2,9,13,17H,3-8H2/t9?,13-/m1/s1. The van der Waals surface area contributed by atoms with E-state index in [0.29, 0.717) is 23.2 Å². The van der Waals surface area contributed by atoms with Crippen LogP contribution in [0.25, 0.3) is 0 Å². The fourth-order valence-corrected chi connectivity index (χ4v) is 3.67. The molecule has 3 heterocycles. The van der Waals surface area contributed by atoms with Crippen molar-refractivity contribution < 1.29 is 14.3 Å². The van der Waals surface area contributed by atoms with Gasteiger partial charge in [0.25, 0.3) is 0 Å². The van der Waals surface area contributed by atoms with E-state index in [-0.39, 0.29) is 18.7 Å². The number of nitrogens with one attached hydrogen (secondary N) is 1. The number of halogens is 1. The van der Waals surface area contributed by atoms with Gasteiger partial charge in [-0.05, 0) is 6.07 Å². The van der Waals surface area contributed by atoms with Gasteiger partial charge in [-0.25, -0.2) is 4.79 Å². The highest BCUT2D eigenvalue weighted by Gasteiger charge is 2.34. The van der Waals surface area contributed by atoms with Crippen LogP contribution in [0.3, 0.4) is 0 Å². The molecule has 5 nitrogen and oxygen atoms in total. The lowest BCUT2D eigenvalue weighted by Crippen LogP contribution is -2.57. The molecule has 0 aliphatic carbocycles. The molecule has 3 aliphatic heterocycles. The van der Waals surface area contributed by atoms with Crippen molar-refractivity contribution in [2.24, 2.45) is 0 Å². The lowest BCUT2D eigenvalue weighted by atomic mass is 9.99. The van der Waals surface area contributed by atoms with Crippen LogP contribution in [0.2, 0.25) is 5.02 Å². The van der Waals surface area contributed by atoms with Crippen molar-refractivity contribution in [2.75, 3.05) is 32.8 Å². The number of hydrogen-bond donors (Lipinski definition) is 1. The van der Waals surface area contributed by atoms with Gasteiger partial charge in [0, 0.05) is 43.3 Å². The van der Waals surface area contributed by atoms with Gasteiger partial charge in [-0.15, -0.1) is 0 Å². The third-order valence-electron chi connectivity index (χ3n) is 4.55. The summed E-state index contributed by atoms with van der Waals surface area (Å²) in [4.78, 5) is 14.0. The van der Waals surface area contributed by atoms with E-state index in [1.807, 2.05) is 6.07 Å². The minimum absolute atomic E-state index is 0.0344. The van der Waals surface area contributed by atoms with Gasteiger partial charge in [0.1, 0.15) is 6.61 Å². The maximum atomic E-state index is 11.6. The maximum Gasteiger partial charge on any atom is 0.338 e. The lowest BCUT2D eigenvalue weighted by Gasteiger charge is -2.43. The number of hydrogen-bond acceptors (Lipinski definition) is 5. The minimum atomic E-state index is -0.287. The number of morpholine rings is 1. The van der Waals surface area contributed by atoms with Gasteiger partial charge in [-0.2, -0.15) is 0 Å². The second kappa shape index (κ2) is 5.25. The van der Waals surface area contributed by atoms with Crippen molar-refractivity contribution in [3.8, 4) is 0 Å². The number of esters is 1. The fraction of sp³-hybridized carbons (Fsp3) is 0.533. The average Bonchev–Trinajstić information content (AvgIpc) is 2.90. The zero-order valence-electron chi connectivity index (χ0n) is 11.6. The van der Waals surface area contributed by atoms with Crippen molar-refractivity contribution in [1.29, 1.82) is 0 Å². The number of benzene rings is 1. The topological polar surface area (TPSA) is 50.8 Å². The predicted octanol–water partition coefficient (Wildman–Crippen LogP) is 1.36. The zero-order valence-corrected chi connectivity index (χ0v) is 12.4. The molecule has 0 spiro atoms. The predicted molar refractivity (Wildman–Crippen MR) is 77.5 cm³/mol. The molecule has 1 aromatic carbocycles. The van der Waals surface area contributed by atoms with Crippen LogP contribution < -0.4 is 5.32 Å². The van der Waals surface area contributed by atoms with E-state index in [1.165, 1.54) is 0 Å². The molecule has 2 atom stereocenters. The van der Waals surface area contributed by atoms with E-state index < -0.39 is 0 Å². The Kier molecular flexibility index (Phi) is 3.38. The molecule has 6 heteroatoms. The maximum absolute atomic E-state index is 11.6. The van der Waals surface area contributed by atoms with Gasteiger partial charge >= 0.3 is 5.97 Å². The summed E-state index contributed by atoms with van der Waals surface area (Å²) in [5.41, 5.74) is 2.34. The van der Waals surface area contributed by atoms with Gasteiger partial charge in [0.05, 0.1) is 23.3 Å². The van der Waals surface area contributed by atoms with Gasteiger partial charge in [0.2, 0.25) is 0 Å². The molecule has 112 valence electrons. The molecule has 0 bridgehead atoms. The summed E-state index contributed by atoms with van der Waals surface area (Å²) in [5, 5.41) is 4.01. The first-order chi connectivity index (χ1) is 10.2. The summed E-state index contributed by atoms with van der Waals surface area (Å²) < 4.78 is 11.1. The normalized spacial score (nSPS) is 28.9. The van der Waals surface area contributed by atoms with Gasteiger partial charge in [-0.1, -0.05) is 17.7 Å². The highest BCUT2D eigenvalue weighted by atomic mass is 35.5. The Bertz CT molecular complexity index is 593. The summed E-state index contributed by atoms with van der Waals surface area (Å²) in [6.45, 7) is 4.86. The summed E-state index contributed by atoms with van der Waals surface area (Å²) in [6.07, 6.45) is -0.0344. The molecule has 1 aromatic rings. The summed E-state index contributed by atoms with van der Waals surface area (Å²) in [6, 6.07) is 4.16. The molecule has 0 amide bonds. The van der Waals surface area contributed by atoms with Crippen LogP contribution in [-0.2, 0) is 16.1 Å². The molecular formula is C15H17ClN2O3. The second-order valence-electron chi connectivity index (χ2n) is 5.75. The Morgan fingerprint density at radius 1 is 1.38 bits per heavy atom.